The fourth-order valence-electron chi connectivity index (χ4n) is 2.48. The van der Waals surface area contributed by atoms with Crippen LogP contribution in [0, 0.1) is 0 Å². The van der Waals surface area contributed by atoms with Gasteiger partial charge in [0.2, 0.25) is 5.91 Å². The summed E-state index contributed by atoms with van der Waals surface area (Å²) in [6.07, 6.45) is 0.322. The van der Waals surface area contributed by atoms with Gasteiger partial charge in [-0.25, -0.2) is 8.78 Å². The number of halogens is 3. The molecular formula is C14H19ClF2N2OS. The van der Waals surface area contributed by atoms with Crippen LogP contribution in [-0.4, -0.2) is 42.9 Å². The summed E-state index contributed by atoms with van der Waals surface area (Å²) in [6, 6.07) is 3.87. The molecule has 3 nitrogen and oxygen atoms in total. The van der Waals surface area contributed by atoms with Crippen LogP contribution < -0.4 is 5.32 Å². The third kappa shape index (κ3) is 5.88. The molecule has 0 aromatic carbocycles. The Labute approximate surface area is 132 Å². The number of likely N-dealkylation sites (tertiary alicyclic amines) is 1. The summed E-state index contributed by atoms with van der Waals surface area (Å²) in [4.78, 5) is 14.7. The first-order valence-electron chi connectivity index (χ1n) is 7.07. The molecule has 1 aromatic rings. The quantitative estimate of drug-likeness (QED) is 0.865. The molecule has 0 unspecified atom stereocenters. The van der Waals surface area contributed by atoms with E-state index in [0.29, 0.717) is 25.9 Å². The Morgan fingerprint density at radius 3 is 2.71 bits per heavy atom. The highest BCUT2D eigenvalue weighted by molar-refractivity contribution is 7.16. The van der Waals surface area contributed by atoms with Gasteiger partial charge in [0.1, 0.15) is 0 Å². The molecule has 1 amide bonds. The maximum absolute atomic E-state index is 12.3. The monoisotopic (exact) mass is 336 g/mol. The van der Waals surface area contributed by atoms with Gasteiger partial charge in [-0.2, -0.15) is 0 Å². The van der Waals surface area contributed by atoms with Crippen molar-refractivity contribution in [3.05, 3.63) is 21.3 Å². The van der Waals surface area contributed by atoms with Crippen LogP contribution in [0.1, 0.15) is 24.1 Å². The average molecular weight is 337 g/mol. The van der Waals surface area contributed by atoms with Crippen LogP contribution in [0.4, 0.5) is 8.78 Å². The molecule has 21 heavy (non-hydrogen) atoms. The Balaban J connectivity index is 1.65. The summed E-state index contributed by atoms with van der Waals surface area (Å²) in [5.74, 6) is 0.0202. The largest absolute Gasteiger partial charge is 0.353 e. The maximum Gasteiger partial charge on any atom is 0.251 e. The van der Waals surface area contributed by atoms with E-state index in [1.165, 1.54) is 11.3 Å². The van der Waals surface area contributed by atoms with Gasteiger partial charge in [-0.05, 0) is 31.4 Å². The molecular weight excluding hydrogens is 318 g/mol. The zero-order valence-corrected chi connectivity index (χ0v) is 13.2. The summed E-state index contributed by atoms with van der Waals surface area (Å²) in [7, 11) is 0. The van der Waals surface area contributed by atoms with E-state index in [1.807, 2.05) is 12.1 Å². The minimum absolute atomic E-state index is 0.0202. The van der Waals surface area contributed by atoms with Crippen molar-refractivity contribution in [3.63, 3.8) is 0 Å². The van der Waals surface area contributed by atoms with Gasteiger partial charge in [-0.15, -0.1) is 11.3 Å². The van der Waals surface area contributed by atoms with Gasteiger partial charge in [-0.3, -0.25) is 9.69 Å². The Morgan fingerprint density at radius 2 is 2.14 bits per heavy atom. The molecule has 0 saturated carbocycles. The van der Waals surface area contributed by atoms with E-state index in [9.17, 15) is 13.6 Å². The second kappa shape index (κ2) is 8.06. The van der Waals surface area contributed by atoms with Crippen molar-refractivity contribution >= 4 is 28.8 Å². The lowest BCUT2D eigenvalue weighted by Gasteiger charge is -2.32. The van der Waals surface area contributed by atoms with Crippen LogP contribution in [0.2, 0.25) is 4.34 Å². The zero-order chi connectivity index (χ0) is 15.2. The molecule has 2 heterocycles. The SMILES string of the molecule is O=C(CCc1ccc(Cl)s1)NC1CCN(CC(F)F)CC1. The molecule has 1 aliphatic rings. The van der Waals surface area contributed by atoms with Crippen molar-refractivity contribution < 1.29 is 13.6 Å². The second-order valence-corrected chi connectivity index (χ2v) is 7.04. The Kier molecular flexibility index (Phi) is 6.39. The maximum atomic E-state index is 12.3. The first-order valence-corrected chi connectivity index (χ1v) is 8.26. The molecule has 0 spiro atoms. The number of nitrogens with zero attached hydrogens (tertiary/aromatic N) is 1. The first kappa shape index (κ1) is 16.6. The summed E-state index contributed by atoms with van der Waals surface area (Å²) in [5, 5.41) is 2.99. The van der Waals surface area contributed by atoms with Crippen molar-refractivity contribution in [1.29, 1.82) is 0 Å². The molecule has 1 aromatic heterocycles. The van der Waals surface area contributed by atoms with E-state index in [4.69, 9.17) is 11.6 Å². The van der Waals surface area contributed by atoms with Gasteiger partial charge in [0.25, 0.3) is 6.43 Å². The van der Waals surface area contributed by atoms with Crippen LogP contribution in [-0.2, 0) is 11.2 Å². The third-order valence-corrected chi connectivity index (χ3v) is 4.87. The molecule has 0 atom stereocenters. The molecule has 2 rings (SSSR count). The van der Waals surface area contributed by atoms with Crippen molar-refractivity contribution in [1.82, 2.24) is 10.2 Å². The van der Waals surface area contributed by atoms with E-state index in [2.05, 4.69) is 5.32 Å². The number of aryl methyl sites for hydroxylation is 1. The van der Waals surface area contributed by atoms with Crippen molar-refractivity contribution in [2.24, 2.45) is 0 Å². The number of hydrogen-bond donors (Lipinski definition) is 1. The van der Waals surface area contributed by atoms with E-state index in [0.717, 1.165) is 22.1 Å². The van der Waals surface area contributed by atoms with Gasteiger partial charge < -0.3 is 5.32 Å². The number of alkyl halides is 2. The summed E-state index contributed by atoms with van der Waals surface area (Å²) < 4.78 is 25.3. The molecule has 1 aliphatic heterocycles. The highest BCUT2D eigenvalue weighted by atomic mass is 35.5. The van der Waals surface area contributed by atoms with Gasteiger partial charge in [0.05, 0.1) is 10.9 Å². The van der Waals surface area contributed by atoms with Crippen molar-refractivity contribution in [2.75, 3.05) is 19.6 Å². The minimum atomic E-state index is -2.28. The molecule has 0 bridgehead atoms. The molecule has 7 heteroatoms. The fourth-order valence-corrected chi connectivity index (χ4v) is 3.56. The summed E-state index contributed by atoms with van der Waals surface area (Å²) in [6.45, 7) is 1.07. The fraction of sp³-hybridized carbons (Fsp3) is 0.643. The Morgan fingerprint density at radius 1 is 1.43 bits per heavy atom. The van der Waals surface area contributed by atoms with E-state index < -0.39 is 6.43 Å². The predicted molar refractivity (Wildman–Crippen MR) is 81.3 cm³/mol. The highest BCUT2D eigenvalue weighted by Crippen LogP contribution is 2.22. The highest BCUT2D eigenvalue weighted by Gasteiger charge is 2.22. The molecule has 0 radical (unpaired) electrons. The average Bonchev–Trinajstić information content (AvgIpc) is 2.84. The number of carbonyl (C=O) groups excluding carboxylic acids is 1. The smallest absolute Gasteiger partial charge is 0.251 e. The molecule has 118 valence electrons. The topological polar surface area (TPSA) is 32.3 Å². The van der Waals surface area contributed by atoms with Crippen LogP contribution in [0.5, 0.6) is 0 Å². The van der Waals surface area contributed by atoms with E-state index >= 15 is 0 Å². The zero-order valence-electron chi connectivity index (χ0n) is 11.7. The van der Waals surface area contributed by atoms with Crippen LogP contribution >= 0.6 is 22.9 Å². The predicted octanol–water partition coefficient (Wildman–Crippen LogP) is 3.18. The Bertz CT molecular complexity index is 462. The number of rotatable bonds is 6. The lowest BCUT2D eigenvalue weighted by atomic mass is 10.0. The Hall–Kier alpha value is -0.720. The molecule has 1 N–H and O–H groups in total. The van der Waals surface area contributed by atoms with Crippen molar-refractivity contribution in [2.45, 2.75) is 38.2 Å². The third-order valence-electron chi connectivity index (χ3n) is 3.58. The molecule has 0 aliphatic carbocycles. The number of nitrogens with one attached hydrogen (secondary N) is 1. The van der Waals surface area contributed by atoms with E-state index in [-0.39, 0.29) is 18.5 Å². The van der Waals surface area contributed by atoms with Crippen molar-refractivity contribution in [3.8, 4) is 0 Å². The molecule has 1 saturated heterocycles. The number of carbonyl (C=O) groups is 1. The summed E-state index contributed by atoms with van der Waals surface area (Å²) in [5.41, 5.74) is 0. The standard InChI is InChI=1S/C14H19ClF2N2OS/c15-12-3-1-11(21-12)2-4-14(20)18-10-5-7-19(8-6-10)9-13(16)17/h1,3,10,13H,2,4-9H2,(H,18,20). The lowest BCUT2D eigenvalue weighted by molar-refractivity contribution is -0.122. The van der Waals surface area contributed by atoms with Gasteiger partial charge in [0, 0.05) is 30.4 Å². The van der Waals surface area contributed by atoms with Crippen LogP contribution in [0.15, 0.2) is 12.1 Å². The second-order valence-electron chi connectivity index (χ2n) is 5.24. The minimum Gasteiger partial charge on any atom is -0.353 e. The van der Waals surface area contributed by atoms with Crippen LogP contribution in [0.3, 0.4) is 0 Å². The molecule has 1 fully saturated rings. The van der Waals surface area contributed by atoms with Gasteiger partial charge >= 0.3 is 0 Å². The number of thiophene rings is 1. The van der Waals surface area contributed by atoms with Gasteiger partial charge in [-0.1, -0.05) is 11.6 Å². The normalized spacial score (nSPS) is 17.3. The van der Waals surface area contributed by atoms with Gasteiger partial charge in [0.15, 0.2) is 0 Å². The number of piperidine rings is 1. The van der Waals surface area contributed by atoms with E-state index in [1.54, 1.807) is 4.90 Å². The van der Waals surface area contributed by atoms with Crippen LogP contribution in [0.25, 0.3) is 0 Å². The number of amides is 1. The summed E-state index contributed by atoms with van der Waals surface area (Å²) >= 11 is 7.33. The first-order chi connectivity index (χ1) is 10.0. The lowest BCUT2D eigenvalue weighted by Crippen LogP contribution is -2.45. The number of hydrogen-bond acceptors (Lipinski definition) is 3.